The lowest BCUT2D eigenvalue weighted by Gasteiger charge is -2.29. The number of carbonyl (C=O) groups is 2. The van der Waals surface area contributed by atoms with Crippen LogP contribution in [0.5, 0.6) is 0 Å². The molecule has 3 aromatic carbocycles. The number of esters is 1. The maximum atomic E-state index is 13.0. The lowest BCUT2D eigenvalue weighted by molar-refractivity contribution is 0.0599. The predicted molar refractivity (Wildman–Crippen MR) is 117 cm³/mol. The zero-order valence-electron chi connectivity index (χ0n) is 16.7. The van der Waals surface area contributed by atoms with Crippen LogP contribution in [0, 0.1) is 0 Å². The number of hydrogen-bond donors (Lipinski definition) is 0. The van der Waals surface area contributed by atoms with E-state index in [-0.39, 0.29) is 5.91 Å². The first-order valence-corrected chi connectivity index (χ1v) is 10.2. The molecule has 1 aliphatic heterocycles. The van der Waals surface area contributed by atoms with E-state index in [1.807, 2.05) is 53.4 Å². The summed E-state index contributed by atoms with van der Waals surface area (Å²) in [5, 5.41) is 0.494. The molecule has 1 aliphatic rings. The lowest BCUT2D eigenvalue weighted by Crippen LogP contribution is -2.37. The van der Waals surface area contributed by atoms with Crippen molar-refractivity contribution in [2.24, 2.45) is 0 Å². The van der Waals surface area contributed by atoms with Crippen molar-refractivity contribution in [1.82, 2.24) is 4.90 Å². The molecule has 1 amide bonds. The number of fused-ring (bicyclic) bond motifs is 1. The van der Waals surface area contributed by atoms with Crippen LogP contribution in [0.2, 0.25) is 5.02 Å². The first-order valence-electron chi connectivity index (χ1n) is 9.87. The highest BCUT2D eigenvalue weighted by Crippen LogP contribution is 2.25. The van der Waals surface area contributed by atoms with Gasteiger partial charge in [-0.15, -0.1) is 0 Å². The molecule has 152 valence electrons. The Hall–Kier alpha value is -3.11. The van der Waals surface area contributed by atoms with Crippen molar-refractivity contribution >= 4 is 23.5 Å². The van der Waals surface area contributed by atoms with Gasteiger partial charge in [0.25, 0.3) is 5.91 Å². The van der Waals surface area contributed by atoms with Crippen LogP contribution >= 0.6 is 11.6 Å². The molecule has 4 nitrogen and oxygen atoms in total. The Kier molecular flexibility index (Phi) is 5.86. The van der Waals surface area contributed by atoms with Gasteiger partial charge in [-0.3, -0.25) is 4.79 Å². The molecule has 30 heavy (non-hydrogen) atoms. The molecule has 0 radical (unpaired) electrons. The van der Waals surface area contributed by atoms with Crippen molar-refractivity contribution in [3.8, 4) is 0 Å². The van der Waals surface area contributed by atoms with E-state index in [0.717, 1.165) is 34.2 Å². The van der Waals surface area contributed by atoms with Gasteiger partial charge in [0.2, 0.25) is 0 Å². The fraction of sp³-hybridized carbons (Fsp3) is 0.200. The topological polar surface area (TPSA) is 46.6 Å². The second-order valence-electron chi connectivity index (χ2n) is 7.42. The summed E-state index contributed by atoms with van der Waals surface area (Å²) in [5.41, 5.74) is 5.29. The SMILES string of the molecule is COC(=O)c1cc(Cl)ccc1Cc1ccc2c(c1)CCN(Cc1ccccc1)C2=O. The lowest BCUT2D eigenvalue weighted by atomic mass is 9.93. The second kappa shape index (κ2) is 8.72. The summed E-state index contributed by atoms with van der Waals surface area (Å²) < 4.78 is 4.89. The summed E-state index contributed by atoms with van der Waals surface area (Å²) >= 11 is 6.05. The number of methoxy groups -OCH3 is 1. The summed E-state index contributed by atoms with van der Waals surface area (Å²) in [6.07, 6.45) is 1.38. The number of amides is 1. The number of ether oxygens (including phenoxy) is 1. The molecule has 0 atom stereocenters. The fourth-order valence-electron chi connectivity index (χ4n) is 3.88. The Morgan fingerprint density at radius 3 is 2.60 bits per heavy atom. The Morgan fingerprint density at radius 1 is 1.03 bits per heavy atom. The summed E-state index contributed by atoms with van der Waals surface area (Å²) in [5.74, 6) is -0.342. The van der Waals surface area contributed by atoms with Gasteiger partial charge in [0.15, 0.2) is 0 Å². The normalized spacial score (nSPS) is 13.1. The highest BCUT2D eigenvalue weighted by atomic mass is 35.5. The maximum Gasteiger partial charge on any atom is 0.338 e. The van der Waals surface area contributed by atoms with Crippen molar-refractivity contribution in [3.63, 3.8) is 0 Å². The number of carbonyl (C=O) groups excluding carboxylic acids is 2. The molecule has 0 aromatic heterocycles. The molecule has 0 unspecified atom stereocenters. The molecular weight excluding hydrogens is 398 g/mol. The molecule has 5 heteroatoms. The van der Waals surface area contributed by atoms with E-state index in [4.69, 9.17) is 16.3 Å². The Bertz CT molecular complexity index is 1090. The van der Waals surface area contributed by atoms with E-state index in [1.165, 1.54) is 7.11 Å². The monoisotopic (exact) mass is 419 g/mol. The minimum absolute atomic E-state index is 0.0633. The zero-order valence-corrected chi connectivity index (χ0v) is 17.5. The van der Waals surface area contributed by atoms with Gasteiger partial charge >= 0.3 is 5.97 Å². The number of nitrogens with zero attached hydrogens (tertiary/aromatic N) is 1. The Balaban J connectivity index is 1.55. The van der Waals surface area contributed by atoms with E-state index in [0.29, 0.717) is 30.1 Å². The zero-order chi connectivity index (χ0) is 21.1. The number of halogens is 1. The molecule has 0 aliphatic carbocycles. The molecule has 4 rings (SSSR count). The number of hydrogen-bond acceptors (Lipinski definition) is 3. The molecule has 0 fully saturated rings. The molecule has 0 spiro atoms. The Labute approximate surface area is 181 Å². The van der Waals surface area contributed by atoms with Crippen LogP contribution in [-0.4, -0.2) is 30.4 Å². The third-order valence-electron chi connectivity index (χ3n) is 5.43. The smallest absolute Gasteiger partial charge is 0.338 e. The standard InChI is InChI=1S/C25H22ClNO3/c1-30-25(29)23-15-21(26)9-8-19(23)13-18-7-10-22-20(14-18)11-12-27(24(22)28)16-17-5-3-2-4-6-17/h2-10,14-15H,11-13,16H2,1H3. The van der Waals surface area contributed by atoms with Crippen LogP contribution in [0.1, 0.15) is 43.0 Å². The Morgan fingerprint density at radius 2 is 1.83 bits per heavy atom. The molecule has 0 bridgehead atoms. The molecule has 3 aromatic rings. The van der Waals surface area contributed by atoms with E-state index in [1.54, 1.807) is 12.1 Å². The quantitative estimate of drug-likeness (QED) is 0.551. The van der Waals surface area contributed by atoms with Crippen LogP contribution in [-0.2, 0) is 24.1 Å². The third-order valence-corrected chi connectivity index (χ3v) is 5.66. The average molecular weight is 420 g/mol. The summed E-state index contributed by atoms with van der Waals surface area (Å²) in [6.45, 7) is 1.31. The van der Waals surface area contributed by atoms with Gasteiger partial charge in [-0.05, 0) is 53.3 Å². The van der Waals surface area contributed by atoms with Crippen LogP contribution in [0.3, 0.4) is 0 Å². The van der Waals surface area contributed by atoms with Crippen molar-refractivity contribution in [2.45, 2.75) is 19.4 Å². The first-order chi connectivity index (χ1) is 14.5. The van der Waals surface area contributed by atoms with Crippen molar-refractivity contribution < 1.29 is 14.3 Å². The second-order valence-corrected chi connectivity index (χ2v) is 7.86. The summed E-state index contributed by atoms with van der Waals surface area (Å²) in [6, 6.07) is 21.2. The highest BCUT2D eigenvalue weighted by molar-refractivity contribution is 6.31. The third kappa shape index (κ3) is 4.24. The van der Waals surface area contributed by atoms with E-state index in [2.05, 4.69) is 6.07 Å². The van der Waals surface area contributed by atoms with Gasteiger partial charge in [-0.2, -0.15) is 0 Å². The molecular formula is C25H22ClNO3. The maximum absolute atomic E-state index is 13.0. The largest absolute Gasteiger partial charge is 0.465 e. The van der Waals surface area contributed by atoms with Crippen molar-refractivity contribution in [3.05, 3.63) is 105 Å². The minimum Gasteiger partial charge on any atom is -0.465 e. The van der Waals surface area contributed by atoms with Gasteiger partial charge < -0.3 is 9.64 Å². The van der Waals surface area contributed by atoms with E-state index in [9.17, 15) is 9.59 Å². The van der Waals surface area contributed by atoms with Crippen LogP contribution in [0.15, 0.2) is 66.7 Å². The average Bonchev–Trinajstić information content (AvgIpc) is 2.77. The first kappa shape index (κ1) is 20.2. The number of benzene rings is 3. The minimum atomic E-state index is -0.405. The van der Waals surface area contributed by atoms with Gasteiger partial charge in [0.05, 0.1) is 12.7 Å². The molecule has 0 saturated carbocycles. The highest BCUT2D eigenvalue weighted by Gasteiger charge is 2.24. The van der Waals surface area contributed by atoms with Crippen LogP contribution < -0.4 is 0 Å². The predicted octanol–water partition coefficient (Wildman–Crippen LogP) is 4.92. The fourth-order valence-corrected chi connectivity index (χ4v) is 4.05. The van der Waals surface area contributed by atoms with E-state index < -0.39 is 5.97 Å². The molecule has 0 saturated heterocycles. The molecule has 0 N–H and O–H groups in total. The van der Waals surface area contributed by atoms with Gasteiger partial charge in [0.1, 0.15) is 0 Å². The van der Waals surface area contributed by atoms with Crippen LogP contribution in [0.4, 0.5) is 0 Å². The van der Waals surface area contributed by atoms with Gasteiger partial charge in [-0.25, -0.2) is 4.79 Å². The summed E-state index contributed by atoms with van der Waals surface area (Å²) in [7, 11) is 1.36. The summed E-state index contributed by atoms with van der Waals surface area (Å²) in [4.78, 5) is 27.0. The van der Waals surface area contributed by atoms with Crippen LogP contribution in [0.25, 0.3) is 0 Å². The van der Waals surface area contributed by atoms with Gasteiger partial charge in [-0.1, -0.05) is 60.1 Å². The van der Waals surface area contributed by atoms with Crippen molar-refractivity contribution in [2.75, 3.05) is 13.7 Å². The van der Waals surface area contributed by atoms with Gasteiger partial charge in [0, 0.05) is 23.7 Å². The number of rotatable bonds is 5. The molecule has 1 heterocycles. The van der Waals surface area contributed by atoms with Crippen molar-refractivity contribution in [1.29, 1.82) is 0 Å². The van der Waals surface area contributed by atoms with E-state index >= 15 is 0 Å².